The van der Waals surface area contributed by atoms with Crippen LogP contribution in [0.15, 0.2) is 18.2 Å². The van der Waals surface area contributed by atoms with Gasteiger partial charge in [0.2, 0.25) is 5.75 Å². The molecule has 1 rings (SSSR count). The lowest BCUT2D eigenvalue weighted by Crippen LogP contribution is -2.06. The summed E-state index contributed by atoms with van der Waals surface area (Å²) in [6, 6.07) is 5.60. The van der Waals surface area contributed by atoms with Crippen LogP contribution in [0.2, 0.25) is 0 Å². The van der Waals surface area contributed by atoms with Gasteiger partial charge in [0.1, 0.15) is 0 Å². The molecule has 0 aliphatic carbocycles. The van der Waals surface area contributed by atoms with Crippen molar-refractivity contribution in [3.8, 4) is 17.2 Å². The Labute approximate surface area is 114 Å². The van der Waals surface area contributed by atoms with Crippen molar-refractivity contribution in [2.75, 3.05) is 26.7 Å². The maximum Gasteiger partial charge on any atom is 0.203 e. The minimum atomic E-state index is 0.559. The number of para-hydroxylation sites is 1. The Hall–Kier alpha value is -1.09. The van der Waals surface area contributed by atoms with E-state index in [9.17, 15) is 0 Å². The molecule has 0 N–H and O–H groups in total. The van der Waals surface area contributed by atoms with E-state index in [4.69, 9.17) is 25.8 Å². The molecule has 0 bridgehead atoms. The fraction of sp³-hybridized carbons (Fsp3) is 0.571. The summed E-state index contributed by atoms with van der Waals surface area (Å²) < 4.78 is 16.3. The van der Waals surface area contributed by atoms with Crippen molar-refractivity contribution in [1.82, 2.24) is 0 Å². The molecule has 0 aliphatic rings. The van der Waals surface area contributed by atoms with Crippen LogP contribution < -0.4 is 14.2 Å². The predicted molar refractivity (Wildman–Crippen MR) is 74.2 cm³/mol. The van der Waals surface area contributed by atoms with Gasteiger partial charge in [-0.3, -0.25) is 0 Å². The molecular formula is C14H21ClO3. The highest BCUT2D eigenvalue weighted by Crippen LogP contribution is 2.36. The third kappa shape index (κ3) is 4.30. The number of rotatable bonds is 8. The first-order chi connectivity index (χ1) is 8.72. The number of benzene rings is 1. The van der Waals surface area contributed by atoms with E-state index in [1.807, 2.05) is 18.2 Å². The van der Waals surface area contributed by atoms with Crippen molar-refractivity contribution in [1.29, 1.82) is 0 Å². The maximum absolute atomic E-state index is 5.77. The third-order valence-electron chi connectivity index (χ3n) is 2.84. The van der Waals surface area contributed by atoms with Crippen molar-refractivity contribution in [2.45, 2.75) is 19.8 Å². The molecule has 4 heteroatoms. The summed E-state index contributed by atoms with van der Waals surface area (Å²) >= 11 is 5.71. The average Bonchev–Trinajstić information content (AvgIpc) is 2.39. The molecule has 0 aliphatic heterocycles. The first kappa shape index (κ1) is 15.0. The fourth-order valence-electron chi connectivity index (χ4n) is 1.65. The molecular weight excluding hydrogens is 252 g/mol. The number of halogens is 1. The van der Waals surface area contributed by atoms with E-state index in [0.717, 1.165) is 12.8 Å². The highest BCUT2D eigenvalue weighted by Gasteiger charge is 2.11. The van der Waals surface area contributed by atoms with Crippen LogP contribution >= 0.6 is 11.6 Å². The van der Waals surface area contributed by atoms with Crippen molar-refractivity contribution in [2.24, 2.45) is 5.92 Å². The molecule has 0 radical (unpaired) electrons. The summed E-state index contributed by atoms with van der Waals surface area (Å²) in [5.41, 5.74) is 0. The molecule has 0 saturated heterocycles. The smallest absolute Gasteiger partial charge is 0.203 e. The zero-order valence-corrected chi connectivity index (χ0v) is 12.0. The Morgan fingerprint density at radius 1 is 1.11 bits per heavy atom. The molecule has 0 aromatic heterocycles. The highest BCUT2D eigenvalue weighted by molar-refractivity contribution is 6.17. The van der Waals surface area contributed by atoms with E-state index in [1.165, 1.54) is 0 Å². The summed E-state index contributed by atoms with van der Waals surface area (Å²) in [7, 11) is 3.25. The second-order valence-electron chi connectivity index (χ2n) is 4.21. The summed E-state index contributed by atoms with van der Waals surface area (Å²) in [4.78, 5) is 0. The van der Waals surface area contributed by atoms with Gasteiger partial charge in [-0.2, -0.15) is 0 Å². The van der Waals surface area contributed by atoms with Gasteiger partial charge in [-0.15, -0.1) is 11.6 Å². The molecule has 102 valence electrons. The first-order valence-electron chi connectivity index (χ1n) is 6.12. The van der Waals surface area contributed by atoms with E-state index in [2.05, 4.69) is 6.92 Å². The van der Waals surface area contributed by atoms with Gasteiger partial charge < -0.3 is 14.2 Å². The van der Waals surface area contributed by atoms with E-state index in [0.29, 0.717) is 35.7 Å². The van der Waals surface area contributed by atoms with Crippen molar-refractivity contribution in [3.05, 3.63) is 18.2 Å². The molecule has 0 saturated carbocycles. The molecule has 1 atom stereocenters. The van der Waals surface area contributed by atoms with E-state index >= 15 is 0 Å². The van der Waals surface area contributed by atoms with Crippen LogP contribution in [0.1, 0.15) is 19.8 Å². The van der Waals surface area contributed by atoms with Crippen molar-refractivity contribution in [3.63, 3.8) is 0 Å². The Morgan fingerprint density at radius 2 is 1.72 bits per heavy atom. The monoisotopic (exact) mass is 272 g/mol. The lowest BCUT2D eigenvalue weighted by molar-refractivity contribution is 0.253. The average molecular weight is 273 g/mol. The van der Waals surface area contributed by atoms with Gasteiger partial charge in [-0.25, -0.2) is 0 Å². The van der Waals surface area contributed by atoms with Crippen LogP contribution in [0.5, 0.6) is 17.2 Å². The van der Waals surface area contributed by atoms with E-state index in [-0.39, 0.29) is 0 Å². The van der Waals surface area contributed by atoms with Gasteiger partial charge in [0.15, 0.2) is 11.5 Å². The van der Waals surface area contributed by atoms with Crippen LogP contribution in [0.4, 0.5) is 0 Å². The van der Waals surface area contributed by atoms with Crippen molar-refractivity contribution < 1.29 is 14.2 Å². The second kappa shape index (κ2) is 8.09. The van der Waals surface area contributed by atoms with Gasteiger partial charge in [-0.05, 0) is 30.9 Å². The van der Waals surface area contributed by atoms with Gasteiger partial charge in [-0.1, -0.05) is 13.0 Å². The number of alkyl halides is 1. The molecule has 1 aromatic rings. The van der Waals surface area contributed by atoms with Crippen LogP contribution in [0.25, 0.3) is 0 Å². The third-order valence-corrected chi connectivity index (χ3v) is 3.06. The van der Waals surface area contributed by atoms with Gasteiger partial charge in [0.05, 0.1) is 20.8 Å². The molecule has 1 aromatic carbocycles. The summed E-state index contributed by atoms with van der Waals surface area (Å²) in [6.45, 7) is 2.81. The number of methoxy groups -OCH3 is 2. The van der Waals surface area contributed by atoms with Crippen LogP contribution in [0, 0.1) is 5.92 Å². The quantitative estimate of drug-likeness (QED) is 0.675. The van der Waals surface area contributed by atoms with Gasteiger partial charge in [0.25, 0.3) is 0 Å². The second-order valence-corrected chi connectivity index (χ2v) is 4.59. The predicted octanol–water partition coefficient (Wildman–Crippen LogP) is 3.74. The minimum absolute atomic E-state index is 0.559. The SMILES string of the molecule is COc1cccc(OC)c1OCCC(C)CCCl. The normalized spacial score (nSPS) is 12.0. The summed E-state index contributed by atoms with van der Waals surface area (Å²) in [5, 5.41) is 0. The van der Waals surface area contributed by atoms with Crippen LogP contribution in [0.3, 0.4) is 0 Å². The zero-order valence-electron chi connectivity index (χ0n) is 11.2. The lowest BCUT2D eigenvalue weighted by atomic mass is 10.1. The number of hydrogen-bond donors (Lipinski definition) is 0. The Morgan fingerprint density at radius 3 is 2.22 bits per heavy atom. The van der Waals surface area contributed by atoms with Gasteiger partial charge >= 0.3 is 0 Å². The lowest BCUT2D eigenvalue weighted by Gasteiger charge is -2.15. The topological polar surface area (TPSA) is 27.7 Å². The molecule has 1 unspecified atom stereocenters. The Kier molecular flexibility index (Phi) is 6.73. The van der Waals surface area contributed by atoms with Crippen LogP contribution in [-0.2, 0) is 0 Å². The standard InChI is InChI=1S/C14H21ClO3/c1-11(7-9-15)8-10-18-14-12(16-2)5-4-6-13(14)17-3/h4-6,11H,7-10H2,1-3H3. The van der Waals surface area contributed by atoms with Crippen molar-refractivity contribution >= 4 is 11.6 Å². The molecule has 3 nitrogen and oxygen atoms in total. The zero-order chi connectivity index (χ0) is 13.4. The highest BCUT2D eigenvalue weighted by atomic mass is 35.5. The molecule has 0 heterocycles. The molecule has 0 amide bonds. The Balaban J connectivity index is 2.60. The van der Waals surface area contributed by atoms with Gasteiger partial charge in [0, 0.05) is 5.88 Å². The van der Waals surface area contributed by atoms with Crippen LogP contribution in [-0.4, -0.2) is 26.7 Å². The fourth-order valence-corrected chi connectivity index (χ4v) is 2.02. The first-order valence-corrected chi connectivity index (χ1v) is 6.66. The number of hydrogen-bond acceptors (Lipinski definition) is 3. The minimum Gasteiger partial charge on any atom is -0.493 e. The summed E-state index contributed by atoms with van der Waals surface area (Å²) in [5.74, 6) is 3.31. The number of ether oxygens (including phenoxy) is 3. The largest absolute Gasteiger partial charge is 0.493 e. The molecule has 0 fully saturated rings. The summed E-state index contributed by atoms with van der Waals surface area (Å²) in [6.07, 6.45) is 1.97. The molecule has 0 spiro atoms. The van der Waals surface area contributed by atoms with E-state index < -0.39 is 0 Å². The Bertz CT molecular complexity index is 333. The maximum atomic E-state index is 5.77. The molecule has 18 heavy (non-hydrogen) atoms. The van der Waals surface area contributed by atoms with E-state index in [1.54, 1.807) is 14.2 Å².